The first-order valence-electron chi connectivity index (χ1n) is 4.54. The van der Waals surface area contributed by atoms with Crippen molar-refractivity contribution in [3.05, 3.63) is 33.7 Å². The van der Waals surface area contributed by atoms with E-state index < -0.39 is 0 Å². The first kappa shape index (κ1) is 9.99. The third kappa shape index (κ3) is 3.03. The van der Waals surface area contributed by atoms with Crippen molar-refractivity contribution in [3.63, 3.8) is 0 Å². The zero-order chi connectivity index (χ0) is 9.84. The molecule has 3 heteroatoms. The van der Waals surface area contributed by atoms with Crippen LogP contribution >= 0.6 is 0 Å². The molecule has 1 heterocycles. The van der Waals surface area contributed by atoms with Gasteiger partial charge >= 0.3 is 0 Å². The van der Waals surface area contributed by atoms with Crippen molar-refractivity contribution in [3.8, 4) is 0 Å². The maximum atomic E-state index is 11.1. The van der Waals surface area contributed by atoms with E-state index in [1.807, 2.05) is 6.07 Å². The molecule has 0 radical (unpaired) electrons. The summed E-state index contributed by atoms with van der Waals surface area (Å²) in [6, 6.07) is 3.51. The lowest BCUT2D eigenvalue weighted by molar-refractivity contribution is 0.633. The van der Waals surface area contributed by atoms with Crippen LogP contribution in [0.15, 0.2) is 16.9 Å². The van der Waals surface area contributed by atoms with Crippen molar-refractivity contribution in [2.24, 2.45) is 11.7 Å². The molecule has 1 aromatic heterocycles. The van der Waals surface area contributed by atoms with Gasteiger partial charge in [0.1, 0.15) is 0 Å². The Morgan fingerprint density at radius 3 is 2.69 bits per heavy atom. The fourth-order valence-electron chi connectivity index (χ4n) is 1.33. The molecule has 0 atom stereocenters. The lowest BCUT2D eigenvalue weighted by Gasteiger charge is -2.05. The van der Waals surface area contributed by atoms with Crippen LogP contribution in [0.25, 0.3) is 0 Å². The Hall–Kier alpha value is -1.09. The van der Waals surface area contributed by atoms with Gasteiger partial charge in [0.05, 0.1) is 0 Å². The Morgan fingerprint density at radius 2 is 2.15 bits per heavy atom. The Labute approximate surface area is 78.0 Å². The number of nitrogens with two attached hydrogens (primary N) is 1. The summed E-state index contributed by atoms with van der Waals surface area (Å²) in [5.41, 5.74) is 7.29. The summed E-state index contributed by atoms with van der Waals surface area (Å²) in [4.78, 5) is 13.9. The van der Waals surface area contributed by atoms with Gasteiger partial charge in [-0.25, -0.2) is 0 Å². The Kier molecular flexibility index (Phi) is 3.25. The van der Waals surface area contributed by atoms with E-state index in [-0.39, 0.29) is 5.56 Å². The van der Waals surface area contributed by atoms with Gasteiger partial charge in [0.2, 0.25) is 5.56 Å². The molecule has 72 valence electrons. The molecule has 0 aromatic carbocycles. The van der Waals surface area contributed by atoms with Crippen molar-refractivity contribution in [1.82, 2.24) is 4.98 Å². The third-order valence-electron chi connectivity index (χ3n) is 1.82. The van der Waals surface area contributed by atoms with Gasteiger partial charge in [-0.2, -0.15) is 0 Å². The highest BCUT2D eigenvalue weighted by Gasteiger charge is 2.00. The van der Waals surface area contributed by atoms with Crippen LogP contribution < -0.4 is 11.3 Å². The molecule has 1 rings (SSSR count). The average molecular weight is 180 g/mol. The van der Waals surface area contributed by atoms with Crippen molar-refractivity contribution in [1.29, 1.82) is 0 Å². The predicted molar refractivity (Wildman–Crippen MR) is 53.5 cm³/mol. The molecule has 3 N–H and O–H groups in total. The number of pyridine rings is 1. The average Bonchev–Trinajstić information content (AvgIpc) is 2.01. The molecule has 0 amide bonds. The molecule has 0 aliphatic carbocycles. The minimum atomic E-state index is -0.0569. The van der Waals surface area contributed by atoms with Crippen molar-refractivity contribution < 1.29 is 0 Å². The molecule has 13 heavy (non-hydrogen) atoms. The zero-order valence-corrected chi connectivity index (χ0v) is 8.13. The molecule has 0 bridgehead atoms. The van der Waals surface area contributed by atoms with Crippen molar-refractivity contribution in [2.75, 3.05) is 0 Å². The largest absolute Gasteiger partial charge is 0.326 e. The first-order chi connectivity index (χ1) is 6.11. The number of aromatic nitrogens is 1. The van der Waals surface area contributed by atoms with Crippen LogP contribution in [0.1, 0.15) is 25.1 Å². The van der Waals surface area contributed by atoms with E-state index in [0.717, 1.165) is 17.7 Å². The summed E-state index contributed by atoms with van der Waals surface area (Å²) in [7, 11) is 0. The zero-order valence-electron chi connectivity index (χ0n) is 8.13. The van der Waals surface area contributed by atoms with Crippen LogP contribution in [0.3, 0.4) is 0 Å². The second-order valence-corrected chi connectivity index (χ2v) is 3.68. The second kappa shape index (κ2) is 4.23. The van der Waals surface area contributed by atoms with E-state index in [0.29, 0.717) is 12.5 Å². The Bertz CT molecular complexity index is 328. The predicted octanol–water partition coefficient (Wildman–Crippen LogP) is 1.03. The number of rotatable bonds is 3. The van der Waals surface area contributed by atoms with E-state index in [4.69, 9.17) is 5.73 Å². The number of H-pyrrole nitrogens is 1. The van der Waals surface area contributed by atoms with Gasteiger partial charge in [0, 0.05) is 18.3 Å². The van der Waals surface area contributed by atoms with Gasteiger partial charge in [-0.1, -0.05) is 13.8 Å². The lowest BCUT2D eigenvalue weighted by atomic mass is 10.1. The maximum Gasteiger partial charge on any atom is 0.248 e. The van der Waals surface area contributed by atoms with Crippen LogP contribution in [0, 0.1) is 5.92 Å². The third-order valence-corrected chi connectivity index (χ3v) is 1.82. The molecule has 0 aliphatic rings. The molecular formula is C10H16N2O. The van der Waals surface area contributed by atoms with E-state index in [1.165, 1.54) is 0 Å². The lowest BCUT2D eigenvalue weighted by Crippen LogP contribution is -2.12. The quantitative estimate of drug-likeness (QED) is 0.730. The van der Waals surface area contributed by atoms with Gasteiger partial charge in [-0.05, 0) is 24.0 Å². The van der Waals surface area contributed by atoms with Crippen LogP contribution in [0.5, 0.6) is 0 Å². The molecular weight excluding hydrogens is 164 g/mol. The number of aromatic amines is 1. The molecule has 0 unspecified atom stereocenters. The van der Waals surface area contributed by atoms with E-state index in [1.54, 1.807) is 6.07 Å². The molecule has 0 saturated carbocycles. The number of hydrogen-bond acceptors (Lipinski definition) is 2. The number of nitrogens with one attached hydrogen (secondary N) is 1. The molecule has 0 saturated heterocycles. The van der Waals surface area contributed by atoms with Crippen molar-refractivity contribution >= 4 is 0 Å². The van der Waals surface area contributed by atoms with E-state index in [2.05, 4.69) is 18.8 Å². The smallest absolute Gasteiger partial charge is 0.248 e. The highest BCUT2D eigenvalue weighted by molar-refractivity contribution is 5.16. The fourth-order valence-corrected chi connectivity index (χ4v) is 1.33. The van der Waals surface area contributed by atoms with Gasteiger partial charge in [0.15, 0.2) is 0 Å². The van der Waals surface area contributed by atoms with Crippen molar-refractivity contribution in [2.45, 2.75) is 26.8 Å². The minimum Gasteiger partial charge on any atom is -0.326 e. The Morgan fingerprint density at radius 1 is 1.46 bits per heavy atom. The van der Waals surface area contributed by atoms with Gasteiger partial charge in [-0.3, -0.25) is 4.79 Å². The maximum absolute atomic E-state index is 11.1. The van der Waals surface area contributed by atoms with Gasteiger partial charge in [-0.15, -0.1) is 0 Å². The standard InChI is InChI=1S/C10H16N2O/c1-7(2)3-9-4-8(6-11)5-10(13)12-9/h4-5,7H,3,6,11H2,1-2H3,(H,12,13). The second-order valence-electron chi connectivity index (χ2n) is 3.68. The highest BCUT2D eigenvalue weighted by atomic mass is 16.1. The summed E-state index contributed by atoms with van der Waals surface area (Å²) in [5, 5.41) is 0. The fraction of sp³-hybridized carbons (Fsp3) is 0.500. The first-order valence-corrected chi connectivity index (χ1v) is 4.54. The summed E-state index contributed by atoms with van der Waals surface area (Å²) >= 11 is 0. The molecule has 0 spiro atoms. The minimum absolute atomic E-state index is 0.0569. The van der Waals surface area contributed by atoms with Gasteiger partial charge < -0.3 is 10.7 Å². The highest BCUT2D eigenvalue weighted by Crippen LogP contribution is 2.05. The number of hydrogen-bond donors (Lipinski definition) is 2. The molecule has 0 fully saturated rings. The van der Waals surface area contributed by atoms with Crippen LogP contribution in [0.4, 0.5) is 0 Å². The van der Waals surface area contributed by atoms with Crippen LogP contribution in [-0.2, 0) is 13.0 Å². The summed E-state index contributed by atoms with van der Waals surface area (Å²) in [6.07, 6.45) is 0.892. The van der Waals surface area contributed by atoms with Gasteiger partial charge in [0.25, 0.3) is 0 Å². The summed E-state index contributed by atoms with van der Waals surface area (Å²) in [5.74, 6) is 0.545. The topological polar surface area (TPSA) is 58.9 Å². The summed E-state index contributed by atoms with van der Waals surface area (Å²) < 4.78 is 0. The SMILES string of the molecule is CC(C)Cc1cc(CN)cc(=O)[nH]1. The van der Waals surface area contributed by atoms with Crippen LogP contribution in [0.2, 0.25) is 0 Å². The monoisotopic (exact) mass is 180 g/mol. The summed E-state index contributed by atoms with van der Waals surface area (Å²) in [6.45, 7) is 4.66. The van der Waals surface area contributed by atoms with E-state index >= 15 is 0 Å². The molecule has 3 nitrogen and oxygen atoms in total. The van der Waals surface area contributed by atoms with E-state index in [9.17, 15) is 4.79 Å². The van der Waals surface area contributed by atoms with Crippen LogP contribution in [-0.4, -0.2) is 4.98 Å². The Balaban J connectivity index is 2.95. The molecule has 0 aliphatic heterocycles. The molecule has 1 aromatic rings. The normalized spacial score (nSPS) is 10.8.